The zero-order valence-corrected chi connectivity index (χ0v) is 36.7. The summed E-state index contributed by atoms with van der Waals surface area (Å²) in [6.45, 7) is 10.0. The minimum Gasteiger partial charge on any atom is -0.488 e. The van der Waals surface area contributed by atoms with Crippen LogP contribution in [0.2, 0.25) is 0 Å². The predicted octanol–water partition coefficient (Wildman–Crippen LogP) is 7.16. The molecule has 16 heteroatoms. The number of H-pyrrole nitrogens is 2. The van der Waals surface area contributed by atoms with Gasteiger partial charge in [-0.05, 0) is 103 Å². The number of rotatable bonds is 9. The second-order valence-corrected chi connectivity index (χ2v) is 17.9. The van der Waals surface area contributed by atoms with Crippen LogP contribution in [0.5, 0.6) is 5.75 Å². The van der Waals surface area contributed by atoms with Crippen LogP contribution in [0.1, 0.15) is 89.1 Å². The molecule has 3 fully saturated rings. The fraction of sp³-hybridized carbons (Fsp3) is 0.489. The van der Waals surface area contributed by atoms with Gasteiger partial charge in [-0.15, -0.1) is 0 Å². The Morgan fingerprint density at radius 3 is 2.40 bits per heavy atom. The standard InChI is InChI=1S/C47H56N8O8/c1-24(2)39(52-46(58)60-5)45(57)55-26(4)7-12-36(55)43-49-34-11-9-28-19-33-31-10-8-29(18-30(31)23-63-38(33)20-32(28)41(34)51-43)35-21-48-42(50-35)37-17-25(3)22-54(37)44(56)40(53-47(59)61-6)27-13-15-62-16-14-27/h8-11,18-21,24-27,36-37,39-40H,7,12-17,22-23H2,1-6H3,(H,48,50)(H,49,51)(H,52,58)(H,53,59)/t25-,26-,36-,37-,39-,40-/m0/s1. The van der Waals surface area contributed by atoms with Crippen LogP contribution in [0, 0.1) is 17.8 Å². The fourth-order valence-electron chi connectivity index (χ4n) is 10.1. The van der Waals surface area contributed by atoms with Gasteiger partial charge in [0.2, 0.25) is 11.8 Å². The maximum absolute atomic E-state index is 14.2. The molecule has 0 saturated carbocycles. The number of benzene rings is 3. The topological polar surface area (TPSA) is 193 Å². The number of hydrogen-bond acceptors (Lipinski definition) is 10. The number of aromatic amines is 2. The summed E-state index contributed by atoms with van der Waals surface area (Å²) in [6.07, 6.45) is 4.24. The average Bonchev–Trinajstić information content (AvgIpc) is 4.12. The molecule has 4 N–H and O–H groups in total. The molecule has 9 rings (SSSR count). The van der Waals surface area contributed by atoms with E-state index in [0.717, 1.165) is 74.8 Å². The molecule has 0 aliphatic carbocycles. The van der Waals surface area contributed by atoms with E-state index in [1.165, 1.54) is 14.2 Å². The number of fused-ring (bicyclic) bond motifs is 6. The van der Waals surface area contributed by atoms with E-state index in [1.807, 2.05) is 42.8 Å². The first-order chi connectivity index (χ1) is 30.4. The lowest BCUT2D eigenvalue weighted by atomic mass is 9.90. The molecule has 4 aliphatic rings. The first-order valence-corrected chi connectivity index (χ1v) is 22.1. The molecule has 16 nitrogen and oxygen atoms in total. The van der Waals surface area contributed by atoms with Gasteiger partial charge < -0.3 is 49.3 Å². The third-order valence-electron chi connectivity index (χ3n) is 13.5. The van der Waals surface area contributed by atoms with Crippen molar-refractivity contribution in [3.63, 3.8) is 0 Å². The lowest BCUT2D eigenvalue weighted by Gasteiger charge is -2.34. The number of imidazole rings is 2. The minimum absolute atomic E-state index is 0.0276. The maximum Gasteiger partial charge on any atom is 0.407 e. The van der Waals surface area contributed by atoms with Gasteiger partial charge in [-0.1, -0.05) is 39.0 Å². The van der Waals surface area contributed by atoms with Crippen molar-refractivity contribution in [3.8, 4) is 28.1 Å². The third kappa shape index (κ3) is 7.93. The summed E-state index contributed by atoms with van der Waals surface area (Å²) in [6, 6.07) is 12.6. The number of aromatic nitrogens is 4. The molecule has 63 heavy (non-hydrogen) atoms. The Balaban J connectivity index is 0.959. The van der Waals surface area contributed by atoms with Crippen LogP contribution in [-0.4, -0.2) is 106 Å². The van der Waals surface area contributed by atoms with Gasteiger partial charge in [0.25, 0.3) is 0 Å². The lowest BCUT2D eigenvalue weighted by Crippen LogP contribution is -2.53. The smallest absolute Gasteiger partial charge is 0.407 e. The number of nitrogens with one attached hydrogen (secondary N) is 4. The number of ether oxygens (including phenoxy) is 4. The summed E-state index contributed by atoms with van der Waals surface area (Å²) in [5.41, 5.74) is 6.59. The number of alkyl carbamates (subject to hydrolysis) is 2. The summed E-state index contributed by atoms with van der Waals surface area (Å²) < 4.78 is 21.7. The normalized spacial score (nSPS) is 22.1. The van der Waals surface area contributed by atoms with Crippen molar-refractivity contribution in [2.45, 2.75) is 96.6 Å². The van der Waals surface area contributed by atoms with Gasteiger partial charge in [0, 0.05) is 36.8 Å². The number of methoxy groups -OCH3 is 2. The summed E-state index contributed by atoms with van der Waals surface area (Å²) >= 11 is 0. The SMILES string of the molecule is COC(=O)N[C@H](C(=O)N1[C@@H](C)CC[C@H]1c1nc2ccc3cc4c(cc3c2[nH]1)OCc1cc(-c2cnc([C@@H]3C[C@H](C)CN3C(=O)[C@@H](NC(=O)OC)C3CCOCC3)[nH]2)ccc1-4)C(C)C. The molecule has 332 valence electrons. The van der Waals surface area contributed by atoms with Gasteiger partial charge in [-0.25, -0.2) is 19.6 Å². The first-order valence-electron chi connectivity index (χ1n) is 22.1. The number of nitrogens with zero attached hydrogens (tertiary/aromatic N) is 4. The van der Waals surface area contributed by atoms with Crippen LogP contribution in [0.15, 0.2) is 48.7 Å². The van der Waals surface area contributed by atoms with Crippen molar-refractivity contribution in [2.24, 2.45) is 17.8 Å². The Morgan fingerprint density at radius 2 is 1.63 bits per heavy atom. The van der Waals surface area contributed by atoms with Crippen LogP contribution >= 0.6 is 0 Å². The Labute approximate surface area is 365 Å². The van der Waals surface area contributed by atoms with Gasteiger partial charge >= 0.3 is 12.2 Å². The number of likely N-dealkylation sites (tertiary alicyclic amines) is 2. The molecule has 5 aromatic rings. The zero-order chi connectivity index (χ0) is 44.1. The molecule has 4 aliphatic heterocycles. The second kappa shape index (κ2) is 17.2. The van der Waals surface area contributed by atoms with Gasteiger partial charge in [0.05, 0.1) is 49.2 Å². The van der Waals surface area contributed by atoms with Gasteiger partial charge in [0.1, 0.15) is 36.1 Å². The van der Waals surface area contributed by atoms with E-state index in [1.54, 1.807) is 0 Å². The Morgan fingerprint density at radius 1 is 0.857 bits per heavy atom. The van der Waals surface area contributed by atoms with Crippen molar-refractivity contribution in [1.29, 1.82) is 0 Å². The molecule has 6 heterocycles. The third-order valence-corrected chi connectivity index (χ3v) is 13.5. The number of carbonyl (C=O) groups is 4. The van der Waals surface area contributed by atoms with Crippen molar-refractivity contribution >= 4 is 45.8 Å². The molecule has 0 radical (unpaired) electrons. The Hall–Kier alpha value is -6.16. The quantitative estimate of drug-likeness (QED) is 0.118. The molecule has 6 atom stereocenters. The second-order valence-electron chi connectivity index (χ2n) is 17.9. The molecular weight excluding hydrogens is 805 g/mol. The van der Waals surface area contributed by atoms with E-state index < -0.39 is 24.3 Å². The summed E-state index contributed by atoms with van der Waals surface area (Å²) in [5.74, 6) is 1.99. The summed E-state index contributed by atoms with van der Waals surface area (Å²) in [5, 5.41) is 7.57. The molecule has 3 saturated heterocycles. The highest BCUT2D eigenvalue weighted by atomic mass is 16.5. The Kier molecular flexibility index (Phi) is 11.5. The van der Waals surface area contributed by atoms with Crippen molar-refractivity contribution < 1.29 is 38.1 Å². The van der Waals surface area contributed by atoms with Crippen molar-refractivity contribution in [1.82, 2.24) is 40.4 Å². The van der Waals surface area contributed by atoms with E-state index in [4.69, 9.17) is 28.9 Å². The van der Waals surface area contributed by atoms with Gasteiger partial charge in [-0.3, -0.25) is 9.59 Å². The van der Waals surface area contributed by atoms with E-state index in [0.29, 0.717) is 50.9 Å². The molecular formula is C47H56N8O8. The number of carbonyl (C=O) groups excluding carboxylic acids is 4. The fourth-order valence-corrected chi connectivity index (χ4v) is 10.1. The van der Waals surface area contributed by atoms with Gasteiger partial charge in [-0.2, -0.15) is 0 Å². The molecule has 3 aromatic carbocycles. The highest BCUT2D eigenvalue weighted by Gasteiger charge is 2.43. The molecule has 0 spiro atoms. The van der Waals surface area contributed by atoms with Gasteiger partial charge in [0.15, 0.2) is 0 Å². The first kappa shape index (κ1) is 42.2. The zero-order valence-electron chi connectivity index (χ0n) is 36.7. The molecule has 2 aromatic heterocycles. The number of amides is 4. The maximum atomic E-state index is 14.2. The van der Waals surface area contributed by atoms with Crippen LogP contribution < -0.4 is 15.4 Å². The van der Waals surface area contributed by atoms with E-state index in [-0.39, 0.29) is 47.7 Å². The predicted molar refractivity (Wildman–Crippen MR) is 235 cm³/mol. The summed E-state index contributed by atoms with van der Waals surface area (Å²) in [4.78, 5) is 73.4. The minimum atomic E-state index is -0.728. The Bertz CT molecular complexity index is 2560. The molecule has 0 bridgehead atoms. The molecule has 4 amide bonds. The van der Waals surface area contributed by atoms with Crippen molar-refractivity contribution in [2.75, 3.05) is 34.0 Å². The van der Waals surface area contributed by atoms with E-state index in [9.17, 15) is 19.2 Å². The highest BCUT2D eigenvalue weighted by molar-refractivity contribution is 6.07. The van der Waals surface area contributed by atoms with Crippen LogP contribution in [0.25, 0.3) is 44.2 Å². The average molecular weight is 861 g/mol. The highest BCUT2D eigenvalue weighted by Crippen LogP contribution is 2.44. The molecule has 0 unspecified atom stereocenters. The van der Waals surface area contributed by atoms with Crippen LogP contribution in [-0.2, 0) is 30.4 Å². The number of hydrogen-bond donors (Lipinski definition) is 4. The monoisotopic (exact) mass is 860 g/mol. The summed E-state index contributed by atoms with van der Waals surface area (Å²) in [7, 11) is 2.60. The van der Waals surface area contributed by atoms with E-state index >= 15 is 0 Å². The van der Waals surface area contributed by atoms with Crippen LogP contribution in [0.3, 0.4) is 0 Å². The van der Waals surface area contributed by atoms with E-state index in [2.05, 4.69) is 63.9 Å². The largest absolute Gasteiger partial charge is 0.488 e. The lowest BCUT2D eigenvalue weighted by molar-refractivity contribution is -0.138. The van der Waals surface area contributed by atoms with Crippen LogP contribution in [0.4, 0.5) is 9.59 Å². The van der Waals surface area contributed by atoms with Crippen molar-refractivity contribution in [3.05, 3.63) is 65.9 Å².